The van der Waals surface area contributed by atoms with E-state index in [1.54, 1.807) is 0 Å². The first-order valence-corrected chi connectivity index (χ1v) is 13.4. The van der Waals surface area contributed by atoms with Crippen LogP contribution in [0.3, 0.4) is 0 Å². The largest absolute Gasteiger partial charge is 0.757 e. The first-order chi connectivity index (χ1) is 15.1. The van der Waals surface area contributed by atoms with Crippen LogP contribution in [0.4, 0.5) is 0 Å². The molecular weight excluding hydrogens is 424 g/mol. The number of hydrogen-bond donors (Lipinski definition) is 0. The Morgan fingerprint density at radius 3 is 2.55 bits per heavy atom. The van der Waals surface area contributed by atoms with Gasteiger partial charge in [-0.25, -0.2) is 0 Å². The van der Waals surface area contributed by atoms with Gasteiger partial charge in [-0.3, -0.25) is 14.0 Å². The molecule has 1 spiro atoms. The lowest BCUT2D eigenvalue weighted by Gasteiger charge is -2.45. The molecule has 3 bridgehead atoms. The summed E-state index contributed by atoms with van der Waals surface area (Å²) in [6.45, 7) is 3.13. The molecule has 10 heteroatoms. The van der Waals surface area contributed by atoms with Gasteiger partial charge in [0.25, 0.3) is 5.97 Å². The Labute approximate surface area is 186 Å². The highest BCUT2D eigenvalue weighted by molar-refractivity contribution is 6.55. The minimum absolute atomic E-state index is 0.292. The summed E-state index contributed by atoms with van der Waals surface area (Å²) in [5, 5.41) is 0. The highest BCUT2D eigenvalue weighted by atomic mass is 28.4. The van der Waals surface area contributed by atoms with Gasteiger partial charge in [-0.15, -0.1) is 0 Å². The van der Waals surface area contributed by atoms with Crippen molar-refractivity contribution in [3.8, 4) is 0 Å². The quantitative estimate of drug-likeness (QED) is 0.336. The predicted octanol–water partition coefficient (Wildman–Crippen LogP) is 3.76. The van der Waals surface area contributed by atoms with Gasteiger partial charge >= 0.3 is 15.2 Å². The fourth-order valence-corrected chi connectivity index (χ4v) is 6.06. The van der Waals surface area contributed by atoms with Gasteiger partial charge in [-0.2, -0.15) is 0 Å². The summed E-state index contributed by atoms with van der Waals surface area (Å²) in [5.41, 5.74) is 0. The molecule has 4 unspecified atom stereocenters. The van der Waals surface area contributed by atoms with Crippen LogP contribution in [0.5, 0.6) is 0 Å². The van der Waals surface area contributed by atoms with Crippen LogP contribution >= 0.6 is 0 Å². The minimum atomic E-state index is -3.88. The Morgan fingerprint density at radius 2 is 1.77 bits per heavy atom. The molecule has 4 fully saturated rings. The molecule has 0 aliphatic carbocycles. The van der Waals surface area contributed by atoms with E-state index >= 15 is 0 Å². The van der Waals surface area contributed by atoms with E-state index in [1.807, 2.05) is 0 Å². The lowest BCUT2D eigenvalue weighted by atomic mass is 10.1. The van der Waals surface area contributed by atoms with Gasteiger partial charge in [0.15, 0.2) is 6.29 Å². The Morgan fingerprint density at radius 1 is 1.03 bits per heavy atom. The molecule has 180 valence electrons. The molecule has 0 radical (unpaired) electrons. The van der Waals surface area contributed by atoms with Gasteiger partial charge in [0.2, 0.25) is 0 Å². The van der Waals surface area contributed by atoms with Crippen LogP contribution in [0.1, 0.15) is 84.0 Å². The maximum atomic E-state index is 12.6. The zero-order chi connectivity index (χ0) is 22.0. The number of ether oxygens (including phenoxy) is 4. The van der Waals surface area contributed by atoms with E-state index in [2.05, 4.69) is 6.92 Å². The van der Waals surface area contributed by atoms with Gasteiger partial charge < -0.3 is 27.5 Å². The van der Waals surface area contributed by atoms with E-state index in [4.69, 9.17) is 36.7 Å². The number of rotatable bonds is 11. The fourth-order valence-electron chi connectivity index (χ4n) is 3.87. The van der Waals surface area contributed by atoms with Crippen LogP contribution in [0.2, 0.25) is 0 Å². The number of methoxy groups -OCH3 is 1. The maximum absolute atomic E-state index is 12.6. The molecule has 4 aliphatic heterocycles. The zero-order valence-corrected chi connectivity index (χ0v) is 19.9. The summed E-state index contributed by atoms with van der Waals surface area (Å²) in [6.07, 6.45) is 8.20. The van der Waals surface area contributed by atoms with Crippen molar-refractivity contribution in [1.29, 1.82) is 0 Å². The van der Waals surface area contributed by atoms with Crippen molar-refractivity contribution in [3.05, 3.63) is 0 Å². The van der Waals surface area contributed by atoms with Crippen LogP contribution in [0, 0.1) is 0 Å². The molecule has 0 amide bonds. The van der Waals surface area contributed by atoms with Crippen LogP contribution in [0.15, 0.2) is 0 Å². The first kappa shape index (κ1) is 25.0. The SMILES string of the molecule is CCCCCCCCCCC(=O)O[Si]12OCCCOC3(OCCC(CC(OC)O3)O1)O2. The summed E-state index contributed by atoms with van der Waals surface area (Å²) in [4.78, 5) is 12.6. The molecule has 4 atom stereocenters. The van der Waals surface area contributed by atoms with Crippen molar-refractivity contribution < 1.29 is 41.4 Å². The van der Waals surface area contributed by atoms with E-state index in [0.717, 1.165) is 19.3 Å². The van der Waals surface area contributed by atoms with Gasteiger partial charge in [0.05, 0.1) is 19.3 Å². The summed E-state index contributed by atoms with van der Waals surface area (Å²) in [7, 11) is -2.34. The molecule has 4 saturated heterocycles. The van der Waals surface area contributed by atoms with Crippen LogP contribution in [0.25, 0.3) is 0 Å². The molecule has 0 saturated carbocycles. The average molecular weight is 463 g/mol. The van der Waals surface area contributed by atoms with E-state index in [9.17, 15) is 4.79 Å². The molecule has 0 aromatic heterocycles. The van der Waals surface area contributed by atoms with Crippen molar-refractivity contribution in [3.63, 3.8) is 0 Å². The fraction of sp³-hybridized carbons (Fsp3) is 0.952. The maximum Gasteiger partial charge on any atom is 0.757 e. The highest BCUT2D eigenvalue weighted by Crippen LogP contribution is 2.37. The van der Waals surface area contributed by atoms with Gasteiger partial charge in [-0.1, -0.05) is 51.9 Å². The Bertz CT molecular complexity index is 547. The number of unbranched alkanes of at least 4 members (excludes halogenated alkanes) is 7. The Hall–Kier alpha value is -0.593. The van der Waals surface area contributed by atoms with Crippen LogP contribution in [-0.2, 0) is 41.4 Å². The second-order valence-corrected chi connectivity index (χ2v) is 10.2. The number of hydrogen-bond acceptors (Lipinski definition) is 9. The smallest absolute Gasteiger partial charge is 0.452 e. The molecule has 0 aromatic rings. The molecule has 4 rings (SSSR count). The molecule has 0 aromatic carbocycles. The summed E-state index contributed by atoms with van der Waals surface area (Å²) in [6, 6.07) is 0. The van der Waals surface area contributed by atoms with Crippen molar-refractivity contribution >= 4 is 15.0 Å². The highest BCUT2D eigenvalue weighted by Gasteiger charge is 2.63. The van der Waals surface area contributed by atoms with Crippen LogP contribution < -0.4 is 0 Å². The average Bonchev–Trinajstić information content (AvgIpc) is 2.69. The van der Waals surface area contributed by atoms with E-state index in [1.165, 1.54) is 39.2 Å². The first-order valence-electron chi connectivity index (χ1n) is 11.8. The number of carbonyl (C=O) groups excluding carboxylic acids is 1. The zero-order valence-electron chi connectivity index (χ0n) is 18.9. The summed E-state index contributed by atoms with van der Waals surface area (Å²) < 4.78 is 46.5. The Kier molecular flexibility index (Phi) is 10.2. The Balaban J connectivity index is 1.56. The third-order valence-electron chi connectivity index (χ3n) is 5.59. The lowest BCUT2D eigenvalue weighted by Crippen LogP contribution is -2.65. The molecule has 31 heavy (non-hydrogen) atoms. The molecule has 4 heterocycles. The summed E-state index contributed by atoms with van der Waals surface area (Å²) >= 11 is 0. The minimum Gasteiger partial charge on any atom is -0.452 e. The third-order valence-corrected chi connectivity index (χ3v) is 7.75. The van der Waals surface area contributed by atoms with Crippen LogP contribution in [-0.4, -0.2) is 60.5 Å². The van der Waals surface area contributed by atoms with Crippen molar-refractivity contribution in [2.24, 2.45) is 0 Å². The van der Waals surface area contributed by atoms with E-state index < -0.39 is 27.5 Å². The van der Waals surface area contributed by atoms with Gasteiger partial charge in [0.1, 0.15) is 0 Å². The monoisotopic (exact) mass is 462 g/mol. The lowest BCUT2D eigenvalue weighted by molar-refractivity contribution is -0.522. The standard InChI is InChI=1S/C21H38O9Si/c1-3-4-5-6-7-8-9-10-12-19(22)29-31-26-15-11-14-24-21(30-31)25-16-13-18(28-31)17-20(23-2)27-21/h18,20H,3-17H2,1-2H3. The van der Waals surface area contributed by atoms with Gasteiger partial charge in [0, 0.05) is 26.6 Å². The predicted molar refractivity (Wildman–Crippen MR) is 111 cm³/mol. The summed E-state index contributed by atoms with van der Waals surface area (Å²) in [5.74, 6) is -0.393. The van der Waals surface area contributed by atoms with E-state index in [0.29, 0.717) is 45.5 Å². The topological polar surface area (TPSA) is 90.9 Å². The van der Waals surface area contributed by atoms with Gasteiger partial charge in [-0.05, 0) is 19.3 Å². The van der Waals surface area contributed by atoms with Crippen molar-refractivity contribution in [1.82, 2.24) is 0 Å². The number of carbonyl (C=O) groups is 1. The second kappa shape index (κ2) is 12.6. The second-order valence-electron chi connectivity index (χ2n) is 8.25. The normalized spacial score (nSPS) is 33.6. The molecule has 9 nitrogen and oxygen atoms in total. The number of fused-ring (bicyclic) bond motifs is 4. The van der Waals surface area contributed by atoms with Crippen molar-refractivity contribution in [2.75, 3.05) is 26.9 Å². The third kappa shape index (κ3) is 7.74. The molecule has 0 N–H and O–H groups in total. The van der Waals surface area contributed by atoms with E-state index in [-0.39, 0.29) is 6.10 Å². The molecule has 4 aliphatic rings. The molecular formula is C21H38O9Si. The van der Waals surface area contributed by atoms with Crippen molar-refractivity contribution in [2.45, 2.75) is 103 Å².